The first-order chi connectivity index (χ1) is 11.6. The Hall–Kier alpha value is -2.86. The maximum absolute atomic E-state index is 12.9. The molecule has 2 N–H and O–H groups in total. The van der Waals surface area contributed by atoms with E-state index in [4.69, 9.17) is 9.47 Å². The van der Waals surface area contributed by atoms with E-state index in [0.717, 1.165) is 0 Å². The number of anilines is 1. The number of methoxy groups -OCH3 is 1. The molecule has 0 bridgehead atoms. The van der Waals surface area contributed by atoms with Crippen molar-refractivity contribution in [3.8, 4) is 11.5 Å². The van der Waals surface area contributed by atoms with E-state index in [1.807, 2.05) is 0 Å². The first kappa shape index (κ1) is 14.7. The molecule has 0 saturated carbocycles. The lowest BCUT2D eigenvalue weighted by Crippen LogP contribution is -2.49. The second-order valence-electron chi connectivity index (χ2n) is 5.86. The second-order valence-corrected chi connectivity index (χ2v) is 5.86. The molecular weight excluding hydrogens is 310 g/mol. The third-order valence-corrected chi connectivity index (χ3v) is 4.61. The van der Waals surface area contributed by atoms with E-state index in [1.165, 1.54) is 7.11 Å². The Morgan fingerprint density at radius 3 is 2.83 bits per heavy atom. The number of amides is 1. The number of benzene rings is 2. The number of hydrogen-bond acceptors (Lipinski definition) is 5. The first-order valence-electron chi connectivity index (χ1n) is 7.54. The fourth-order valence-corrected chi connectivity index (χ4v) is 3.31. The molecule has 122 valence electrons. The summed E-state index contributed by atoms with van der Waals surface area (Å²) >= 11 is 0. The summed E-state index contributed by atoms with van der Waals surface area (Å²) in [4.78, 5) is 25.3. The van der Waals surface area contributed by atoms with Gasteiger partial charge in [0.2, 0.25) is 0 Å². The lowest BCUT2D eigenvalue weighted by molar-refractivity contribution is -0.139. The van der Waals surface area contributed by atoms with Crippen molar-refractivity contribution in [1.82, 2.24) is 0 Å². The van der Waals surface area contributed by atoms with Crippen molar-refractivity contribution in [3.63, 3.8) is 0 Å². The highest BCUT2D eigenvalue weighted by Crippen LogP contribution is 2.45. The minimum Gasteiger partial charge on any atom is -0.497 e. The Kier molecular flexibility index (Phi) is 3.11. The number of carbonyl (C=O) groups excluding carboxylic acids is 2. The number of ketones is 1. The van der Waals surface area contributed by atoms with E-state index < -0.39 is 17.4 Å². The molecule has 6 nitrogen and oxygen atoms in total. The van der Waals surface area contributed by atoms with Gasteiger partial charge in [-0.2, -0.15) is 0 Å². The third kappa shape index (κ3) is 1.86. The molecule has 2 heterocycles. The van der Waals surface area contributed by atoms with Crippen LogP contribution < -0.4 is 14.8 Å². The molecule has 1 amide bonds. The average molecular weight is 325 g/mol. The molecule has 2 aromatic rings. The number of hydrogen-bond donors (Lipinski definition) is 2. The zero-order chi connectivity index (χ0) is 16.9. The molecule has 2 aromatic carbocycles. The van der Waals surface area contributed by atoms with Crippen LogP contribution in [0.15, 0.2) is 42.5 Å². The van der Waals surface area contributed by atoms with Crippen molar-refractivity contribution in [3.05, 3.63) is 53.6 Å². The number of aliphatic hydroxyl groups is 1. The molecular formula is C18H15NO5. The predicted octanol–water partition coefficient (Wildman–Crippen LogP) is 1.73. The molecule has 2 atom stereocenters. The first-order valence-corrected chi connectivity index (χ1v) is 7.54. The fourth-order valence-electron chi connectivity index (χ4n) is 3.31. The van der Waals surface area contributed by atoms with E-state index in [9.17, 15) is 14.7 Å². The molecule has 2 aliphatic rings. The fraction of sp³-hybridized carbons (Fsp3) is 0.222. The van der Waals surface area contributed by atoms with Crippen molar-refractivity contribution in [2.24, 2.45) is 5.92 Å². The summed E-state index contributed by atoms with van der Waals surface area (Å²) in [5, 5.41) is 13.7. The van der Waals surface area contributed by atoms with Crippen LogP contribution in [0.25, 0.3) is 0 Å². The second kappa shape index (κ2) is 5.07. The van der Waals surface area contributed by atoms with Crippen LogP contribution >= 0.6 is 0 Å². The summed E-state index contributed by atoms with van der Waals surface area (Å²) in [6, 6.07) is 11.7. The van der Waals surface area contributed by atoms with Gasteiger partial charge in [-0.05, 0) is 18.2 Å². The largest absolute Gasteiger partial charge is 0.497 e. The van der Waals surface area contributed by atoms with E-state index in [-0.39, 0.29) is 12.4 Å². The molecule has 0 unspecified atom stereocenters. The molecule has 4 rings (SSSR count). The molecule has 6 heteroatoms. The molecule has 0 aromatic heterocycles. The van der Waals surface area contributed by atoms with Gasteiger partial charge < -0.3 is 19.9 Å². The van der Waals surface area contributed by atoms with Crippen molar-refractivity contribution >= 4 is 17.4 Å². The van der Waals surface area contributed by atoms with E-state index in [1.54, 1.807) is 42.5 Å². The van der Waals surface area contributed by atoms with Crippen molar-refractivity contribution in [2.75, 3.05) is 19.0 Å². The highest BCUT2D eigenvalue weighted by Gasteiger charge is 2.55. The van der Waals surface area contributed by atoms with Gasteiger partial charge in [-0.3, -0.25) is 9.59 Å². The quantitative estimate of drug-likeness (QED) is 0.878. The molecule has 0 saturated heterocycles. The predicted molar refractivity (Wildman–Crippen MR) is 85.3 cm³/mol. The van der Waals surface area contributed by atoms with Crippen LogP contribution in [0.4, 0.5) is 5.69 Å². The molecule has 0 radical (unpaired) electrons. The van der Waals surface area contributed by atoms with Gasteiger partial charge in [-0.1, -0.05) is 18.2 Å². The van der Waals surface area contributed by atoms with Gasteiger partial charge in [0, 0.05) is 17.3 Å². The lowest BCUT2D eigenvalue weighted by atomic mass is 9.77. The standard InChI is InChI=1S/C18H15NO5/c1-23-10-6-7-11-15(8-10)24-9-13(16(11)20)18(22)12-4-2-3-5-14(12)19-17(18)21/h2-8,13,22H,9H2,1H3,(H,19,21)/t13-,18-/m1/s1. The normalized spacial score (nSPS) is 24.7. The summed E-state index contributed by atoms with van der Waals surface area (Å²) < 4.78 is 10.8. The highest BCUT2D eigenvalue weighted by atomic mass is 16.5. The summed E-state index contributed by atoms with van der Waals surface area (Å²) in [7, 11) is 1.53. The number of rotatable bonds is 2. The summed E-state index contributed by atoms with van der Waals surface area (Å²) in [5.74, 6) is -0.980. The minimum absolute atomic E-state index is 0.0861. The Morgan fingerprint density at radius 2 is 2.04 bits per heavy atom. The van der Waals surface area contributed by atoms with Gasteiger partial charge in [0.15, 0.2) is 11.4 Å². The summed E-state index contributed by atoms with van der Waals surface area (Å²) in [6.07, 6.45) is 0. The molecule has 2 aliphatic heterocycles. The third-order valence-electron chi connectivity index (χ3n) is 4.61. The number of nitrogens with one attached hydrogen (secondary N) is 1. The van der Waals surface area contributed by atoms with Gasteiger partial charge in [0.1, 0.15) is 18.1 Å². The SMILES string of the molecule is COc1ccc2c(c1)OC[C@@H]([C@@]1(O)C(=O)Nc3ccccc31)C2=O. The number of fused-ring (bicyclic) bond motifs is 2. The van der Waals surface area contributed by atoms with Crippen molar-refractivity contribution < 1.29 is 24.2 Å². The Balaban J connectivity index is 1.78. The highest BCUT2D eigenvalue weighted by molar-refractivity contribution is 6.11. The van der Waals surface area contributed by atoms with Gasteiger partial charge in [0.05, 0.1) is 18.6 Å². The smallest absolute Gasteiger partial charge is 0.262 e. The zero-order valence-electron chi connectivity index (χ0n) is 12.9. The maximum Gasteiger partial charge on any atom is 0.262 e. The van der Waals surface area contributed by atoms with E-state index >= 15 is 0 Å². The van der Waals surface area contributed by atoms with Gasteiger partial charge >= 0.3 is 0 Å². The van der Waals surface area contributed by atoms with Crippen LogP contribution in [0.1, 0.15) is 15.9 Å². The van der Waals surface area contributed by atoms with Gasteiger partial charge in [-0.15, -0.1) is 0 Å². The molecule has 0 aliphatic carbocycles. The monoisotopic (exact) mass is 325 g/mol. The molecule has 24 heavy (non-hydrogen) atoms. The Morgan fingerprint density at radius 1 is 1.25 bits per heavy atom. The van der Waals surface area contributed by atoms with Crippen LogP contribution in [0.5, 0.6) is 11.5 Å². The number of Topliss-reactive ketones (excluding diaryl/α,β-unsaturated/α-hetero) is 1. The van der Waals surface area contributed by atoms with Crippen LogP contribution in [0, 0.1) is 5.92 Å². The zero-order valence-corrected chi connectivity index (χ0v) is 12.9. The van der Waals surface area contributed by atoms with E-state index in [2.05, 4.69) is 5.32 Å². The maximum atomic E-state index is 12.9. The van der Waals surface area contributed by atoms with Crippen molar-refractivity contribution in [2.45, 2.75) is 5.60 Å². The van der Waals surface area contributed by atoms with Crippen LogP contribution in [-0.4, -0.2) is 30.5 Å². The number of carbonyl (C=O) groups is 2. The lowest BCUT2D eigenvalue weighted by Gasteiger charge is -2.33. The molecule has 0 fully saturated rings. The molecule has 0 spiro atoms. The van der Waals surface area contributed by atoms with Crippen LogP contribution in [0.3, 0.4) is 0 Å². The summed E-state index contributed by atoms with van der Waals surface area (Å²) in [5.41, 5.74) is -0.699. The van der Waals surface area contributed by atoms with Gasteiger partial charge in [-0.25, -0.2) is 0 Å². The van der Waals surface area contributed by atoms with Crippen LogP contribution in [-0.2, 0) is 10.4 Å². The Bertz CT molecular complexity index is 862. The number of para-hydroxylation sites is 1. The van der Waals surface area contributed by atoms with Crippen molar-refractivity contribution in [1.29, 1.82) is 0 Å². The van der Waals surface area contributed by atoms with Crippen LogP contribution in [0.2, 0.25) is 0 Å². The number of ether oxygens (including phenoxy) is 2. The summed E-state index contributed by atoms with van der Waals surface area (Å²) in [6.45, 7) is -0.0861. The van der Waals surface area contributed by atoms with E-state index in [0.29, 0.717) is 28.3 Å². The topological polar surface area (TPSA) is 84.9 Å². The Labute approximate surface area is 138 Å². The average Bonchev–Trinajstić information content (AvgIpc) is 2.86. The van der Waals surface area contributed by atoms with Gasteiger partial charge in [0.25, 0.3) is 5.91 Å². The minimum atomic E-state index is -1.94.